The number of carbonyl (C=O) groups excluding carboxylic acids is 2. The van der Waals surface area contributed by atoms with Gasteiger partial charge in [0.2, 0.25) is 11.8 Å². The van der Waals surface area contributed by atoms with Crippen LogP contribution in [0, 0.1) is 6.92 Å². The van der Waals surface area contributed by atoms with E-state index in [-0.39, 0.29) is 23.8 Å². The molecule has 2 amide bonds. The molecule has 1 N–H and O–H groups in total. The fourth-order valence-corrected chi connectivity index (χ4v) is 6.71. The second-order valence-electron chi connectivity index (χ2n) is 11.9. The third kappa shape index (κ3) is 9.51. The molecule has 0 fully saturated rings. The van der Waals surface area contributed by atoms with Crippen molar-refractivity contribution in [3.63, 3.8) is 0 Å². The first-order valence-electron chi connectivity index (χ1n) is 14.5. The van der Waals surface area contributed by atoms with E-state index in [9.17, 15) is 18.0 Å². The van der Waals surface area contributed by atoms with Crippen molar-refractivity contribution >= 4 is 59.4 Å². The van der Waals surface area contributed by atoms with Gasteiger partial charge in [0, 0.05) is 27.4 Å². The van der Waals surface area contributed by atoms with Crippen molar-refractivity contribution in [3.05, 3.63) is 129 Å². The van der Waals surface area contributed by atoms with Crippen LogP contribution in [0.3, 0.4) is 0 Å². The Morgan fingerprint density at radius 3 is 1.89 bits per heavy atom. The number of nitrogens with one attached hydrogen (secondary N) is 1. The summed E-state index contributed by atoms with van der Waals surface area (Å²) in [6.45, 7) is 7.11. The molecule has 10 heteroatoms. The Hall–Kier alpha value is -3.47. The maximum absolute atomic E-state index is 14.5. The van der Waals surface area contributed by atoms with E-state index in [1.54, 1.807) is 36.4 Å². The molecule has 7 nitrogen and oxygen atoms in total. The highest BCUT2D eigenvalue weighted by atomic mass is 79.9. The van der Waals surface area contributed by atoms with Crippen molar-refractivity contribution < 1.29 is 18.0 Å². The molecular formula is C35H37Br2N3O4S. The quantitative estimate of drug-likeness (QED) is 0.175. The number of sulfonamides is 1. The van der Waals surface area contributed by atoms with E-state index in [4.69, 9.17) is 0 Å². The predicted octanol–water partition coefficient (Wildman–Crippen LogP) is 7.27. The van der Waals surface area contributed by atoms with Gasteiger partial charge in [-0.3, -0.25) is 13.9 Å². The molecule has 4 rings (SSSR count). The minimum absolute atomic E-state index is 0.0644. The molecule has 0 radical (unpaired) electrons. The van der Waals surface area contributed by atoms with Crippen molar-refractivity contribution in [3.8, 4) is 0 Å². The molecule has 0 aliphatic carbocycles. The number of anilines is 1. The zero-order chi connectivity index (χ0) is 32.8. The summed E-state index contributed by atoms with van der Waals surface area (Å²) in [5, 5.41) is 3.04. The highest BCUT2D eigenvalue weighted by Crippen LogP contribution is 2.27. The van der Waals surface area contributed by atoms with Crippen molar-refractivity contribution in [1.29, 1.82) is 0 Å². The van der Waals surface area contributed by atoms with Crippen LogP contribution in [0.4, 0.5) is 5.69 Å². The summed E-state index contributed by atoms with van der Waals surface area (Å²) in [6, 6.07) is 29.3. The Morgan fingerprint density at radius 2 is 1.33 bits per heavy atom. The minimum Gasteiger partial charge on any atom is -0.350 e. The molecule has 0 heterocycles. The highest BCUT2D eigenvalue weighted by Gasteiger charge is 2.35. The molecule has 1 atom stereocenters. The Labute approximate surface area is 283 Å². The van der Waals surface area contributed by atoms with Crippen molar-refractivity contribution in [2.75, 3.05) is 10.8 Å². The third-order valence-electron chi connectivity index (χ3n) is 7.04. The number of benzene rings is 4. The molecule has 4 aromatic carbocycles. The normalized spacial score (nSPS) is 12.3. The Balaban J connectivity index is 1.81. The first-order chi connectivity index (χ1) is 21.2. The molecule has 0 aromatic heterocycles. The Morgan fingerprint density at radius 1 is 0.778 bits per heavy atom. The second kappa shape index (κ2) is 14.7. The zero-order valence-electron chi connectivity index (χ0n) is 25.7. The van der Waals surface area contributed by atoms with Crippen LogP contribution < -0.4 is 9.62 Å². The monoisotopic (exact) mass is 753 g/mol. The van der Waals surface area contributed by atoms with Crippen LogP contribution in [-0.4, -0.2) is 43.3 Å². The lowest BCUT2D eigenvalue weighted by atomic mass is 10.0. The summed E-state index contributed by atoms with van der Waals surface area (Å²) < 4.78 is 31.0. The van der Waals surface area contributed by atoms with E-state index in [0.29, 0.717) is 5.69 Å². The summed E-state index contributed by atoms with van der Waals surface area (Å²) >= 11 is 6.87. The Kier molecular flexibility index (Phi) is 11.3. The maximum Gasteiger partial charge on any atom is 0.264 e. The molecule has 0 aliphatic rings. The van der Waals surface area contributed by atoms with Gasteiger partial charge in [0.05, 0.1) is 10.6 Å². The van der Waals surface area contributed by atoms with E-state index in [1.807, 2.05) is 82.3 Å². The average molecular weight is 756 g/mol. The number of halogens is 2. The SMILES string of the molecule is Cc1ccc(S(=O)(=O)N(CC(=O)N(Cc2ccc(Br)cc2)[C@H](Cc2ccccc2)C(=O)NC(C)(C)C)c2ccc(Br)cc2)cc1. The number of hydrogen-bond donors (Lipinski definition) is 1. The molecule has 0 spiro atoms. The summed E-state index contributed by atoms with van der Waals surface area (Å²) in [6.07, 6.45) is 0.244. The lowest BCUT2D eigenvalue weighted by Crippen LogP contribution is -2.56. The average Bonchev–Trinajstić information content (AvgIpc) is 2.99. The number of aryl methyl sites for hydroxylation is 1. The molecule has 45 heavy (non-hydrogen) atoms. The van der Waals surface area contributed by atoms with Gasteiger partial charge in [0.1, 0.15) is 12.6 Å². The van der Waals surface area contributed by atoms with Crippen LogP contribution in [0.5, 0.6) is 0 Å². The number of nitrogens with zero attached hydrogens (tertiary/aromatic N) is 2. The molecule has 4 aromatic rings. The molecule has 0 saturated carbocycles. The van der Waals surface area contributed by atoms with E-state index >= 15 is 0 Å². The molecule has 0 saturated heterocycles. The van der Waals surface area contributed by atoms with Crippen LogP contribution in [0.25, 0.3) is 0 Å². The second-order valence-corrected chi connectivity index (χ2v) is 15.6. The van der Waals surface area contributed by atoms with Gasteiger partial charge in [-0.05, 0) is 87.4 Å². The van der Waals surface area contributed by atoms with Crippen molar-refractivity contribution in [1.82, 2.24) is 10.2 Å². The number of carbonyl (C=O) groups is 2. The largest absolute Gasteiger partial charge is 0.350 e. The van der Waals surface area contributed by atoms with Gasteiger partial charge < -0.3 is 10.2 Å². The van der Waals surface area contributed by atoms with E-state index < -0.39 is 34.1 Å². The van der Waals surface area contributed by atoms with Gasteiger partial charge in [0.15, 0.2) is 0 Å². The van der Waals surface area contributed by atoms with Crippen molar-refractivity contribution in [2.24, 2.45) is 0 Å². The first-order valence-corrected chi connectivity index (χ1v) is 17.5. The summed E-state index contributed by atoms with van der Waals surface area (Å²) in [7, 11) is -4.16. The first kappa shape index (κ1) is 34.4. The van der Waals surface area contributed by atoms with Crippen LogP contribution >= 0.6 is 31.9 Å². The summed E-state index contributed by atoms with van der Waals surface area (Å²) in [4.78, 5) is 30.0. The van der Waals surface area contributed by atoms with E-state index in [1.165, 1.54) is 17.0 Å². The minimum atomic E-state index is -4.16. The molecule has 0 bridgehead atoms. The topological polar surface area (TPSA) is 86.8 Å². The van der Waals surface area contributed by atoms with E-state index in [0.717, 1.165) is 29.9 Å². The lowest BCUT2D eigenvalue weighted by Gasteiger charge is -2.35. The summed E-state index contributed by atoms with van der Waals surface area (Å²) in [5.74, 6) is -0.838. The van der Waals surface area contributed by atoms with Gasteiger partial charge in [-0.25, -0.2) is 8.42 Å². The molecule has 0 unspecified atom stereocenters. The highest BCUT2D eigenvalue weighted by molar-refractivity contribution is 9.10. The Bertz CT molecular complexity index is 1710. The smallest absolute Gasteiger partial charge is 0.264 e. The van der Waals surface area contributed by atoms with Gasteiger partial charge in [-0.15, -0.1) is 0 Å². The van der Waals surface area contributed by atoms with Gasteiger partial charge in [-0.2, -0.15) is 0 Å². The predicted molar refractivity (Wildman–Crippen MR) is 186 cm³/mol. The van der Waals surface area contributed by atoms with Crippen molar-refractivity contribution in [2.45, 2.75) is 57.1 Å². The fourth-order valence-electron chi connectivity index (χ4n) is 4.77. The van der Waals surface area contributed by atoms with Crippen LogP contribution in [-0.2, 0) is 32.6 Å². The maximum atomic E-state index is 14.5. The van der Waals surface area contributed by atoms with Crippen LogP contribution in [0.2, 0.25) is 0 Å². The number of hydrogen-bond acceptors (Lipinski definition) is 4. The fraction of sp³-hybridized carbons (Fsp3) is 0.257. The lowest BCUT2D eigenvalue weighted by molar-refractivity contribution is -0.140. The van der Waals surface area contributed by atoms with Crippen LogP contribution in [0.15, 0.2) is 117 Å². The third-order valence-corrected chi connectivity index (χ3v) is 9.88. The number of rotatable bonds is 11. The van der Waals surface area contributed by atoms with Gasteiger partial charge in [-0.1, -0.05) is 92.0 Å². The van der Waals surface area contributed by atoms with Crippen LogP contribution in [0.1, 0.15) is 37.5 Å². The zero-order valence-corrected chi connectivity index (χ0v) is 29.7. The van der Waals surface area contributed by atoms with Gasteiger partial charge in [0.25, 0.3) is 10.0 Å². The molecule has 0 aliphatic heterocycles. The molecule has 236 valence electrons. The standard InChI is InChI=1S/C35H37Br2N3O4S/c1-25-10-20-31(21-11-25)45(43,44)40(30-18-16-29(37)17-19-30)24-33(41)39(23-27-12-14-28(36)15-13-27)32(34(42)38-35(2,3)4)22-26-8-6-5-7-9-26/h5-21,32H,22-24H2,1-4H3,(H,38,42)/t32-/m1/s1. The molecular weight excluding hydrogens is 718 g/mol. The summed E-state index contributed by atoms with van der Waals surface area (Å²) in [5.41, 5.74) is 2.35. The number of amides is 2. The van der Waals surface area contributed by atoms with Gasteiger partial charge >= 0.3 is 0 Å². The van der Waals surface area contributed by atoms with E-state index in [2.05, 4.69) is 37.2 Å².